The summed E-state index contributed by atoms with van der Waals surface area (Å²) in [5.41, 5.74) is 1.89. The Morgan fingerprint density at radius 1 is 1.32 bits per heavy atom. The molecule has 2 aromatic carbocycles. The van der Waals surface area contributed by atoms with Crippen molar-refractivity contribution >= 4 is 55.5 Å². The van der Waals surface area contributed by atoms with Crippen molar-refractivity contribution in [3.8, 4) is 0 Å². The van der Waals surface area contributed by atoms with Gasteiger partial charge in [-0.2, -0.15) is 0 Å². The number of para-hydroxylation sites is 2. The minimum Gasteiger partial charge on any atom is -0.408 e. The lowest BCUT2D eigenvalue weighted by Crippen LogP contribution is -2.24. The molecule has 1 N–H and O–H groups in total. The molecule has 2 aromatic heterocycles. The molecule has 6 nitrogen and oxygen atoms in total. The van der Waals surface area contributed by atoms with Crippen LogP contribution in [0.4, 0.5) is 5.13 Å². The first-order valence-corrected chi connectivity index (χ1v) is 9.51. The average molecular weight is 371 g/mol. The average Bonchev–Trinajstić information content (AvgIpc) is 3.14. The number of carbonyl (C=O) groups is 1. The third-order valence-corrected chi connectivity index (χ3v) is 5.38. The van der Waals surface area contributed by atoms with Gasteiger partial charge in [0.25, 0.3) is 0 Å². The molecule has 0 saturated heterocycles. The van der Waals surface area contributed by atoms with Crippen LogP contribution in [0.3, 0.4) is 0 Å². The van der Waals surface area contributed by atoms with E-state index in [0.717, 1.165) is 15.1 Å². The molecule has 0 fully saturated rings. The van der Waals surface area contributed by atoms with Crippen LogP contribution in [0, 0.1) is 0 Å². The number of oxazole rings is 1. The van der Waals surface area contributed by atoms with Gasteiger partial charge < -0.3 is 9.73 Å². The number of nitrogens with one attached hydrogen (secondary N) is 1. The standard InChI is InChI=1S/C17H13N3O3S2/c1-24-10-6-7-11-14(8-10)25-16(18-11)19-15(21)9-20-12-4-2-3-5-13(12)23-17(20)22/h2-8H,9H2,1H3,(H,18,19,21). The van der Waals surface area contributed by atoms with E-state index in [2.05, 4.69) is 10.3 Å². The van der Waals surface area contributed by atoms with Crippen LogP contribution in [0.25, 0.3) is 21.3 Å². The number of anilines is 1. The summed E-state index contributed by atoms with van der Waals surface area (Å²) in [7, 11) is 0. The fourth-order valence-electron chi connectivity index (χ4n) is 2.55. The second kappa shape index (κ2) is 6.38. The third kappa shape index (κ3) is 3.06. The van der Waals surface area contributed by atoms with Crippen molar-refractivity contribution < 1.29 is 9.21 Å². The molecule has 0 aliphatic carbocycles. The molecule has 1 amide bonds. The maximum atomic E-state index is 12.3. The summed E-state index contributed by atoms with van der Waals surface area (Å²) < 4.78 is 7.45. The first-order valence-electron chi connectivity index (χ1n) is 7.47. The van der Waals surface area contributed by atoms with Gasteiger partial charge in [0.2, 0.25) is 5.91 Å². The van der Waals surface area contributed by atoms with E-state index in [1.54, 1.807) is 36.0 Å². The number of thiazole rings is 1. The van der Waals surface area contributed by atoms with Gasteiger partial charge in [0.05, 0.1) is 15.7 Å². The highest BCUT2D eigenvalue weighted by Gasteiger charge is 2.14. The zero-order valence-electron chi connectivity index (χ0n) is 13.2. The molecule has 0 radical (unpaired) electrons. The van der Waals surface area contributed by atoms with Gasteiger partial charge in [0.15, 0.2) is 10.7 Å². The Morgan fingerprint density at radius 2 is 2.16 bits per heavy atom. The molecule has 8 heteroatoms. The number of hydrogen-bond acceptors (Lipinski definition) is 6. The summed E-state index contributed by atoms with van der Waals surface area (Å²) in [5.74, 6) is -0.872. The number of rotatable bonds is 4. The minimum absolute atomic E-state index is 0.123. The molecule has 0 aliphatic rings. The van der Waals surface area contributed by atoms with E-state index in [0.29, 0.717) is 16.2 Å². The molecule has 4 aromatic rings. The second-order valence-electron chi connectivity index (χ2n) is 5.32. The first-order chi connectivity index (χ1) is 12.1. The van der Waals surface area contributed by atoms with Gasteiger partial charge in [-0.25, -0.2) is 9.78 Å². The number of carbonyl (C=O) groups excluding carboxylic acids is 1. The molecule has 2 heterocycles. The van der Waals surface area contributed by atoms with Gasteiger partial charge in [-0.15, -0.1) is 11.8 Å². The van der Waals surface area contributed by atoms with Crippen molar-refractivity contribution in [3.05, 3.63) is 53.0 Å². The predicted molar refractivity (Wildman–Crippen MR) is 101 cm³/mol. The topological polar surface area (TPSA) is 77.1 Å². The quantitative estimate of drug-likeness (QED) is 0.555. The lowest BCUT2D eigenvalue weighted by molar-refractivity contribution is -0.116. The van der Waals surface area contributed by atoms with Gasteiger partial charge in [-0.05, 0) is 36.6 Å². The van der Waals surface area contributed by atoms with Crippen molar-refractivity contribution in [3.63, 3.8) is 0 Å². The summed E-state index contributed by atoms with van der Waals surface area (Å²) in [6, 6.07) is 13.0. The highest BCUT2D eigenvalue weighted by molar-refractivity contribution is 7.98. The van der Waals surface area contributed by atoms with Crippen LogP contribution in [0.2, 0.25) is 0 Å². The predicted octanol–water partition coefficient (Wildman–Crippen LogP) is 3.56. The summed E-state index contributed by atoms with van der Waals surface area (Å²) in [4.78, 5) is 29.8. The molecular formula is C17H13N3O3S2. The zero-order valence-corrected chi connectivity index (χ0v) is 14.8. The fourth-order valence-corrected chi connectivity index (χ4v) is 3.99. The number of aromatic nitrogens is 2. The third-order valence-electron chi connectivity index (χ3n) is 3.72. The molecule has 4 rings (SSSR count). The van der Waals surface area contributed by atoms with Crippen molar-refractivity contribution in [2.24, 2.45) is 0 Å². The van der Waals surface area contributed by atoms with E-state index in [-0.39, 0.29) is 12.5 Å². The molecule has 0 atom stereocenters. The first kappa shape index (κ1) is 15.9. The van der Waals surface area contributed by atoms with Crippen LogP contribution in [0.5, 0.6) is 0 Å². The van der Waals surface area contributed by atoms with Crippen LogP contribution in [-0.2, 0) is 11.3 Å². The number of amides is 1. The molecule has 0 spiro atoms. The van der Waals surface area contributed by atoms with Gasteiger partial charge in [-0.3, -0.25) is 9.36 Å². The van der Waals surface area contributed by atoms with E-state index in [9.17, 15) is 9.59 Å². The van der Waals surface area contributed by atoms with Gasteiger partial charge in [0.1, 0.15) is 6.54 Å². The molecule has 25 heavy (non-hydrogen) atoms. The Hall–Kier alpha value is -2.58. The maximum Gasteiger partial charge on any atom is 0.420 e. The van der Waals surface area contributed by atoms with E-state index in [1.165, 1.54) is 15.9 Å². The van der Waals surface area contributed by atoms with Gasteiger partial charge >= 0.3 is 5.76 Å². The normalized spacial score (nSPS) is 11.2. The molecule has 0 aliphatic heterocycles. The van der Waals surface area contributed by atoms with Crippen LogP contribution < -0.4 is 11.1 Å². The number of thioether (sulfide) groups is 1. The van der Waals surface area contributed by atoms with Crippen molar-refractivity contribution in [2.75, 3.05) is 11.6 Å². The molecular weight excluding hydrogens is 358 g/mol. The fraction of sp³-hybridized carbons (Fsp3) is 0.118. The van der Waals surface area contributed by atoms with E-state index in [4.69, 9.17) is 4.42 Å². The van der Waals surface area contributed by atoms with E-state index < -0.39 is 5.76 Å². The minimum atomic E-state index is -0.551. The number of hydrogen-bond donors (Lipinski definition) is 1. The Balaban J connectivity index is 1.57. The lowest BCUT2D eigenvalue weighted by atomic mass is 10.3. The Morgan fingerprint density at radius 3 is 3.00 bits per heavy atom. The van der Waals surface area contributed by atoms with Gasteiger partial charge in [0, 0.05) is 4.90 Å². The van der Waals surface area contributed by atoms with E-state index >= 15 is 0 Å². The second-order valence-corrected chi connectivity index (χ2v) is 7.23. The molecule has 0 saturated carbocycles. The van der Waals surface area contributed by atoms with Crippen molar-refractivity contribution in [2.45, 2.75) is 11.4 Å². The maximum absolute atomic E-state index is 12.3. The van der Waals surface area contributed by atoms with Gasteiger partial charge in [-0.1, -0.05) is 23.5 Å². The smallest absolute Gasteiger partial charge is 0.408 e. The van der Waals surface area contributed by atoms with Crippen molar-refractivity contribution in [1.29, 1.82) is 0 Å². The van der Waals surface area contributed by atoms with Crippen LogP contribution in [-0.4, -0.2) is 21.7 Å². The monoisotopic (exact) mass is 371 g/mol. The van der Waals surface area contributed by atoms with E-state index in [1.807, 2.05) is 24.5 Å². The summed E-state index contributed by atoms with van der Waals surface area (Å²) in [6.45, 7) is -0.123. The van der Waals surface area contributed by atoms with Crippen LogP contribution >= 0.6 is 23.1 Å². The number of fused-ring (bicyclic) bond motifs is 2. The molecule has 0 unspecified atom stereocenters. The summed E-state index contributed by atoms with van der Waals surface area (Å²) in [5, 5.41) is 3.27. The van der Waals surface area contributed by atoms with Crippen LogP contribution in [0.1, 0.15) is 0 Å². The Bertz CT molecular complexity index is 1140. The highest BCUT2D eigenvalue weighted by Crippen LogP contribution is 2.29. The lowest BCUT2D eigenvalue weighted by Gasteiger charge is -2.02. The zero-order chi connectivity index (χ0) is 17.4. The highest BCUT2D eigenvalue weighted by atomic mass is 32.2. The summed E-state index contributed by atoms with van der Waals surface area (Å²) >= 11 is 3.06. The summed E-state index contributed by atoms with van der Waals surface area (Å²) in [6.07, 6.45) is 2.01. The number of benzene rings is 2. The Kier molecular flexibility index (Phi) is 4.06. The Labute approximate surface area is 150 Å². The molecule has 0 bridgehead atoms. The number of nitrogens with zero attached hydrogens (tertiary/aromatic N) is 2. The van der Waals surface area contributed by atoms with Crippen LogP contribution in [0.15, 0.2) is 56.6 Å². The SMILES string of the molecule is CSc1ccc2nc(NC(=O)Cn3c(=O)oc4ccccc43)sc2c1. The molecule has 126 valence electrons. The van der Waals surface area contributed by atoms with Crippen molar-refractivity contribution in [1.82, 2.24) is 9.55 Å². The largest absolute Gasteiger partial charge is 0.420 e.